The molecule has 2 atom stereocenters. The largest absolute Gasteiger partial charge is 0.396 e. The summed E-state index contributed by atoms with van der Waals surface area (Å²) < 4.78 is 0. The van der Waals surface area contributed by atoms with Crippen LogP contribution in [0.15, 0.2) is 36.4 Å². The lowest BCUT2D eigenvalue weighted by Crippen LogP contribution is -2.34. The van der Waals surface area contributed by atoms with E-state index in [0.717, 1.165) is 17.5 Å². The lowest BCUT2D eigenvalue weighted by atomic mass is 9.83. The van der Waals surface area contributed by atoms with Crippen molar-refractivity contribution >= 4 is 5.91 Å². The fourth-order valence-corrected chi connectivity index (χ4v) is 2.60. The maximum absolute atomic E-state index is 12.5. The Kier molecular flexibility index (Phi) is 4.29. The predicted octanol–water partition coefficient (Wildman–Crippen LogP) is 2.65. The minimum Gasteiger partial charge on any atom is -0.396 e. The molecule has 1 aliphatic rings. The van der Waals surface area contributed by atoms with E-state index in [2.05, 4.69) is 26.1 Å². The first-order chi connectivity index (χ1) is 9.41. The molecular formula is C17H23NO2. The minimum atomic E-state index is -0.0624. The van der Waals surface area contributed by atoms with Crippen molar-refractivity contribution in [1.29, 1.82) is 0 Å². The molecule has 0 bridgehead atoms. The third-order valence-electron chi connectivity index (χ3n) is 3.70. The number of benzene rings is 1. The van der Waals surface area contributed by atoms with Crippen LogP contribution < -0.4 is 5.32 Å². The van der Waals surface area contributed by atoms with E-state index in [9.17, 15) is 4.79 Å². The first-order valence-electron chi connectivity index (χ1n) is 7.11. The highest BCUT2D eigenvalue weighted by atomic mass is 16.3. The molecule has 0 saturated carbocycles. The summed E-state index contributed by atoms with van der Waals surface area (Å²) in [5, 5.41) is 12.2. The molecule has 1 amide bonds. The van der Waals surface area contributed by atoms with Crippen LogP contribution in [0.5, 0.6) is 0 Å². The van der Waals surface area contributed by atoms with Crippen LogP contribution in [0, 0.1) is 5.92 Å². The summed E-state index contributed by atoms with van der Waals surface area (Å²) in [4.78, 5) is 12.5. The summed E-state index contributed by atoms with van der Waals surface area (Å²) in [5.41, 5.74) is 1.73. The summed E-state index contributed by atoms with van der Waals surface area (Å²) >= 11 is 0. The molecule has 1 aromatic rings. The van der Waals surface area contributed by atoms with E-state index >= 15 is 0 Å². The SMILES string of the molecule is CC(C)(C)c1ccccc1C(=O)N[C@@H]1C=C[C@H](CO)C1. The van der Waals surface area contributed by atoms with Gasteiger partial charge in [0, 0.05) is 24.1 Å². The smallest absolute Gasteiger partial charge is 0.252 e. The molecule has 108 valence electrons. The van der Waals surface area contributed by atoms with Gasteiger partial charge in [-0.15, -0.1) is 0 Å². The Bertz CT molecular complexity index is 514. The van der Waals surface area contributed by atoms with Gasteiger partial charge in [0.2, 0.25) is 0 Å². The van der Waals surface area contributed by atoms with Gasteiger partial charge in [0.05, 0.1) is 0 Å². The molecule has 0 radical (unpaired) electrons. The number of rotatable bonds is 3. The Morgan fingerprint density at radius 3 is 2.60 bits per heavy atom. The van der Waals surface area contributed by atoms with Crippen LogP contribution in [-0.2, 0) is 5.41 Å². The second-order valence-electron chi connectivity index (χ2n) is 6.44. The number of carbonyl (C=O) groups excluding carboxylic acids is 1. The number of hydrogen-bond acceptors (Lipinski definition) is 2. The van der Waals surface area contributed by atoms with Gasteiger partial charge in [0.1, 0.15) is 0 Å². The van der Waals surface area contributed by atoms with Crippen LogP contribution in [0.2, 0.25) is 0 Å². The highest BCUT2D eigenvalue weighted by Crippen LogP contribution is 2.26. The zero-order valence-corrected chi connectivity index (χ0v) is 12.4. The first-order valence-corrected chi connectivity index (χ1v) is 7.11. The van der Waals surface area contributed by atoms with Gasteiger partial charge in [-0.05, 0) is 23.5 Å². The summed E-state index contributed by atoms with van der Waals surface area (Å²) in [6, 6.07) is 7.76. The Morgan fingerprint density at radius 2 is 2.00 bits per heavy atom. The summed E-state index contributed by atoms with van der Waals surface area (Å²) in [5.74, 6) is 0.127. The van der Waals surface area contributed by atoms with E-state index in [1.54, 1.807) is 0 Å². The predicted molar refractivity (Wildman–Crippen MR) is 80.7 cm³/mol. The number of aliphatic hydroxyl groups excluding tert-OH is 1. The van der Waals surface area contributed by atoms with Gasteiger partial charge in [0.15, 0.2) is 0 Å². The van der Waals surface area contributed by atoms with Crippen molar-refractivity contribution in [3.05, 3.63) is 47.5 Å². The molecule has 2 N–H and O–H groups in total. The van der Waals surface area contributed by atoms with E-state index < -0.39 is 0 Å². The molecule has 0 aliphatic heterocycles. The number of aliphatic hydroxyl groups is 1. The lowest BCUT2D eigenvalue weighted by Gasteiger charge is -2.23. The van der Waals surface area contributed by atoms with Gasteiger partial charge in [-0.2, -0.15) is 0 Å². The molecule has 0 heterocycles. The Morgan fingerprint density at radius 1 is 1.30 bits per heavy atom. The van der Waals surface area contributed by atoms with Crippen LogP contribution in [-0.4, -0.2) is 23.7 Å². The van der Waals surface area contributed by atoms with Crippen LogP contribution in [0.25, 0.3) is 0 Å². The molecule has 0 saturated heterocycles. The Balaban J connectivity index is 2.13. The highest BCUT2D eigenvalue weighted by Gasteiger charge is 2.24. The standard InChI is InChI=1S/C17H23NO2/c1-17(2,3)15-7-5-4-6-14(15)16(20)18-13-9-8-12(10-13)11-19/h4-9,12-13,19H,10-11H2,1-3H3,(H,18,20)/t12-,13+/m0/s1. The van der Waals surface area contributed by atoms with Gasteiger partial charge in [-0.3, -0.25) is 4.79 Å². The quantitative estimate of drug-likeness (QED) is 0.832. The number of carbonyl (C=O) groups is 1. The van der Waals surface area contributed by atoms with Crippen molar-refractivity contribution in [3.8, 4) is 0 Å². The van der Waals surface area contributed by atoms with Crippen molar-refractivity contribution < 1.29 is 9.90 Å². The van der Waals surface area contributed by atoms with Crippen LogP contribution in [0.3, 0.4) is 0 Å². The molecule has 0 unspecified atom stereocenters. The summed E-state index contributed by atoms with van der Waals surface area (Å²) in [7, 11) is 0. The normalized spacial score (nSPS) is 22.0. The first kappa shape index (κ1) is 14.8. The molecule has 20 heavy (non-hydrogen) atoms. The third kappa shape index (κ3) is 3.28. The second kappa shape index (κ2) is 5.80. The zero-order chi connectivity index (χ0) is 14.8. The molecule has 1 aromatic carbocycles. The Labute approximate surface area is 120 Å². The van der Waals surface area contributed by atoms with Crippen molar-refractivity contribution in [1.82, 2.24) is 5.32 Å². The van der Waals surface area contributed by atoms with Crippen LogP contribution in [0.4, 0.5) is 0 Å². The molecule has 2 rings (SSSR count). The maximum atomic E-state index is 12.5. The number of nitrogens with one attached hydrogen (secondary N) is 1. The van der Waals surface area contributed by atoms with Crippen LogP contribution in [0.1, 0.15) is 43.1 Å². The molecule has 3 heteroatoms. The van der Waals surface area contributed by atoms with E-state index in [-0.39, 0.29) is 29.9 Å². The molecular weight excluding hydrogens is 250 g/mol. The fraction of sp³-hybridized carbons (Fsp3) is 0.471. The minimum absolute atomic E-state index is 0.0210. The van der Waals surface area contributed by atoms with E-state index in [0.29, 0.717) is 0 Å². The average Bonchev–Trinajstić information content (AvgIpc) is 2.85. The van der Waals surface area contributed by atoms with E-state index in [1.807, 2.05) is 36.4 Å². The molecule has 0 spiro atoms. The molecule has 3 nitrogen and oxygen atoms in total. The van der Waals surface area contributed by atoms with E-state index in [1.165, 1.54) is 0 Å². The third-order valence-corrected chi connectivity index (χ3v) is 3.70. The average molecular weight is 273 g/mol. The van der Waals surface area contributed by atoms with Gasteiger partial charge in [-0.1, -0.05) is 51.1 Å². The van der Waals surface area contributed by atoms with Crippen molar-refractivity contribution in [3.63, 3.8) is 0 Å². The van der Waals surface area contributed by atoms with Crippen LogP contribution >= 0.6 is 0 Å². The lowest BCUT2D eigenvalue weighted by molar-refractivity contribution is 0.0939. The second-order valence-corrected chi connectivity index (χ2v) is 6.44. The highest BCUT2D eigenvalue weighted by molar-refractivity contribution is 5.96. The molecule has 1 aliphatic carbocycles. The molecule has 0 fully saturated rings. The number of hydrogen-bond donors (Lipinski definition) is 2. The molecule has 0 aromatic heterocycles. The zero-order valence-electron chi connectivity index (χ0n) is 12.4. The summed E-state index contributed by atoms with van der Waals surface area (Å²) in [6.07, 6.45) is 4.72. The van der Waals surface area contributed by atoms with Crippen molar-refractivity contribution in [2.45, 2.75) is 38.6 Å². The van der Waals surface area contributed by atoms with Gasteiger partial charge >= 0.3 is 0 Å². The van der Waals surface area contributed by atoms with E-state index in [4.69, 9.17) is 5.11 Å². The topological polar surface area (TPSA) is 49.3 Å². The monoisotopic (exact) mass is 273 g/mol. The Hall–Kier alpha value is -1.61. The van der Waals surface area contributed by atoms with Gasteiger partial charge in [0.25, 0.3) is 5.91 Å². The van der Waals surface area contributed by atoms with Gasteiger partial charge in [-0.25, -0.2) is 0 Å². The fourth-order valence-electron chi connectivity index (χ4n) is 2.60. The van der Waals surface area contributed by atoms with Crippen molar-refractivity contribution in [2.24, 2.45) is 5.92 Å². The summed E-state index contributed by atoms with van der Waals surface area (Å²) in [6.45, 7) is 6.46. The van der Waals surface area contributed by atoms with Gasteiger partial charge < -0.3 is 10.4 Å². The van der Waals surface area contributed by atoms with Crippen molar-refractivity contribution in [2.75, 3.05) is 6.61 Å². The number of amides is 1. The maximum Gasteiger partial charge on any atom is 0.252 e.